The SMILES string of the molecule is O=C1C=C(Cl)c2cc3c(Cl)c(=O)oc-3cc(Cl)c21. The number of fused-ring (bicyclic) bond motifs is 2. The Hall–Kier alpha value is -1.29. The topological polar surface area (TPSA) is 47.3 Å². The van der Waals surface area contributed by atoms with Crippen LogP contribution < -0.4 is 5.63 Å². The summed E-state index contributed by atoms with van der Waals surface area (Å²) in [6, 6.07) is 2.93. The predicted molar refractivity (Wildman–Crippen MR) is 69.8 cm³/mol. The molecule has 0 N–H and O–H groups in total. The van der Waals surface area contributed by atoms with Crippen molar-refractivity contribution in [2.45, 2.75) is 0 Å². The molecular weight excluding hydrogens is 298 g/mol. The Morgan fingerprint density at radius 2 is 1.72 bits per heavy atom. The monoisotopic (exact) mass is 300 g/mol. The van der Waals surface area contributed by atoms with Crippen molar-refractivity contribution in [2.24, 2.45) is 0 Å². The van der Waals surface area contributed by atoms with Gasteiger partial charge < -0.3 is 4.42 Å². The number of hydrogen-bond donors (Lipinski definition) is 0. The minimum Gasteiger partial charge on any atom is -0.422 e. The third kappa shape index (κ3) is 1.52. The minimum atomic E-state index is -0.646. The number of allylic oxidation sites excluding steroid dienone is 1. The number of carbonyl (C=O) groups excluding carboxylic acids is 1. The van der Waals surface area contributed by atoms with Gasteiger partial charge in [0, 0.05) is 28.8 Å². The van der Waals surface area contributed by atoms with Crippen LogP contribution in [0.15, 0.2) is 27.4 Å². The maximum absolute atomic E-state index is 11.7. The first-order chi connectivity index (χ1) is 8.49. The molecule has 0 atom stereocenters. The lowest BCUT2D eigenvalue weighted by Gasteiger charge is -1.94. The third-order valence-electron chi connectivity index (χ3n) is 2.70. The van der Waals surface area contributed by atoms with Crippen molar-refractivity contribution in [2.75, 3.05) is 0 Å². The lowest BCUT2D eigenvalue weighted by molar-refractivity contribution is 0.105. The van der Waals surface area contributed by atoms with Crippen molar-refractivity contribution in [3.63, 3.8) is 0 Å². The summed E-state index contributed by atoms with van der Waals surface area (Å²) >= 11 is 17.8. The van der Waals surface area contributed by atoms with Crippen LogP contribution in [0.4, 0.5) is 0 Å². The normalized spacial score (nSPS) is 13.9. The highest BCUT2D eigenvalue weighted by atomic mass is 35.5. The molecule has 3 nitrogen and oxygen atoms in total. The predicted octanol–water partition coefficient (Wildman–Crippen LogP) is 3.83. The van der Waals surface area contributed by atoms with E-state index in [2.05, 4.69) is 0 Å². The standard InChI is InChI=1S/C12H3Cl3O3/c13-6-2-8(16)10-4(6)1-5-9(3-7(10)14)18-12(17)11(5)15/h1-3H. The lowest BCUT2D eigenvalue weighted by atomic mass is 10.1. The zero-order valence-electron chi connectivity index (χ0n) is 8.59. The number of ketones is 1. The van der Waals surface area contributed by atoms with Gasteiger partial charge in [-0.3, -0.25) is 4.79 Å². The molecular formula is C12H3Cl3O3. The van der Waals surface area contributed by atoms with Crippen LogP contribution in [0.1, 0.15) is 15.9 Å². The molecule has 0 aromatic carbocycles. The van der Waals surface area contributed by atoms with Crippen molar-refractivity contribution in [1.82, 2.24) is 0 Å². The average molecular weight is 302 g/mol. The molecule has 0 saturated heterocycles. The van der Waals surface area contributed by atoms with E-state index in [-0.39, 0.29) is 32.2 Å². The first-order valence-electron chi connectivity index (χ1n) is 4.87. The molecule has 0 spiro atoms. The van der Waals surface area contributed by atoms with Gasteiger partial charge in [-0.15, -0.1) is 0 Å². The van der Waals surface area contributed by atoms with Crippen molar-refractivity contribution in [3.8, 4) is 11.3 Å². The lowest BCUT2D eigenvalue weighted by Crippen LogP contribution is -1.91. The summed E-state index contributed by atoms with van der Waals surface area (Å²) in [5.74, 6) is -0.0576. The Balaban J connectivity index is 2.49. The number of halogens is 3. The van der Waals surface area contributed by atoms with Gasteiger partial charge in [0.2, 0.25) is 0 Å². The Kier molecular flexibility index (Phi) is 2.52. The zero-order valence-corrected chi connectivity index (χ0v) is 10.9. The van der Waals surface area contributed by atoms with E-state index in [4.69, 9.17) is 39.2 Å². The van der Waals surface area contributed by atoms with E-state index < -0.39 is 5.63 Å². The van der Waals surface area contributed by atoms with Gasteiger partial charge in [0.1, 0.15) is 10.8 Å². The van der Waals surface area contributed by atoms with Crippen LogP contribution in [0.5, 0.6) is 0 Å². The van der Waals surface area contributed by atoms with Crippen LogP contribution >= 0.6 is 34.8 Å². The van der Waals surface area contributed by atoms with Crippen LogP contribution in [0.3, 0.4) is 0 Å². The van der Waals surface area contributed by atoms with Crippen LogP contribution in [-0.4, -0.2) is 5.78 Å². The van der Waals surface area contributed by atoms with E-state index in [1.54, 1.807) is 0 Å². The Morgan fingerprint density at radius 3 is 2.44 bits per heavy atom. The van der Waals surface area contributed by atoms with Crippen molar-refractivity contribution >= 4 is 45.6 Å². The fourth-order valence-electron chi connectivity index (χ4n) is 1.90. The van der Waals surface area contributed by atoms with Gasteiger partial charge in [0.15, 0.2) is 5.78 Å². The summed E-state index contributed by atoms with van der Waals surface area (Å²) in [7, 11) is 0. The maximum atomic E-state index is 11.7. The van der Waals surface area contributed by atoms with Crippen LogP contribution in [0, 0.1) is 0 Å². The molecule has 0 amide bonds. The first-order valence-corrected chi connectivity index (χ1v) is 6.00. The molecule has 3 rings (SSSR count). The first kappa shape index (κ1) is 11.8. The molecule has 0 fully saturated rings. The fourth-order valence-corrected chi connectivity index (χ4v) is 2.62. The smallest absolute Gasteiger partial charge is 0.355 e. The molecule has 1 heterocycles. The van der Waals surface area contributed by atoms with Gasteiger partial charge in [-0.05, 0) is 6.07 Å². The fraction of sp³-hybridized carbons (Fsp3) is 0. The number of carbonyl (C=O) groups is 1. The van der Waals surface area contributed by atoms with Crippen molar-refractivity contribution in [3.05, 3.63) is 49.8 Å². The highest BCUT2D eigenvalue weighted by Gasteiger charge is 2.26. The average Bonchev–Trinajstić information content (AvgIpc) is 2.65. The van der Waals surface area contributed by atoms with E-state index in [9.17, 15) is 9.59 Å². The second kappa shape index (κ2) is 3.85. The maximum Gasteiger partial charge on any atom is 0.355 e. The molecule has 6 heteroatoms. The molecule has 0 unspecified atom stereocenters. The van der Waals surface area contributed by atoms with Crippen molar-refractivity contribution < 1.29 is 9.21 Å². The second-order valence-electron chi connectivity index (χ2n) is 3.76. The van der Waals surface area contributed by atoms with Gasteiger partial charge in [0.25, 0.3) is 0 Å². The largest absolute Gasteiger partial charge is 0.422 e. The summed E-state index contributed by atoms with van der Waals surface area (Å²) in [6.07, 6.45) is 1.27. The number of rotatable bonds is 0. The van der Waals surface area contributed by atoms with Gasteiger partial charge >= 0.3 is 5.63 Å². The van der Waals surface area contributed by atoms with Crippen LogP contribution in [0.25, 0.3) is 16.4 Å². The van der Waals surface area contributed by atoms with Crippen molar-refractivity contribution in [1.29, 1.82) is 0 Å². The van der Waals surface area contributed by atoms with E-state index in [0.29, 0.717) is 11.1 Å². The zero-order chi connectivity index (χ0) is 13.0. The highest BCUT2D eigenvalue weighted by Crippen LogP contribution is 2.39. The van der Waals surface area contributed by atoms with E-state index in [1.807, 2.05) is 0 Å². The molecule has 0 radical (unpaired) electrons. The minimum absolute atomic E-state index is 0.0525. The van der Waals surface area contributed by atoms with Gasteiger partial charge in [-0.25, -0.2) is 4.79 Å². The molecule has 2 aliphatic carbocycles. The summed E-state index contributed by atoms with van der Waals surface area (Å²) in [4.78, 5) is 23.1. The molecule has 90 valence electrons. The number of furan rings is 1. The molecule has 0 saturated carbocycles. The number of hydrogen-bond acceptors (Lipinski definition) is 3. The van der Waals surface area contributed by atoms with Crippen LogP contribution in [0.2, 0.25) is 10.0 Å². The third-order valence-corrected chi connectivity index (χ3v) is 3.67. The highest BCUT2D eigenvalue weighted by molar-refractivity contribution is 6.54. The summed E-state index contributed by atoms with van der Waals surface area (Å²) in [6.45, 7) is 0. The van der Waals surface area contributed by atoms with Gasteiger partial charge in [-0.1, -0.05) is 34.8 Å². The molecule has 3 aliphatic rings. The van der Waals surface area contributed by atoms with Crippen LogP contribution in [-0.2, 0) is 0 Å². The van der Waals surface area contributed by atoms with E-state index in [1.165, 1.54) is 18.2 Å². The molecule has 0 bridgehead atoms. The Bertz CT molecular complexity index is 758. The molecule has 1 aliphatic heterocycles. The molecule has 18 heavy (non-hydrogen) atoms. The van der Waals surface area contributed by atoms with Gasteiger partial charge in [-0.2, -0.15) is 0 Å². The summed E-state index contributed by atoms with van der Waals surface area (Å²) in [5, 5.41) is 0.379. The van der Waals surface area contributed by atoms with Gasteiger partial charge in [0.05, 0.1) is 10.1 Å². The second-order valence-corrected chi connectivity index (χ2v) is 4.96. The summed E-state index contributed by atoms with van der Waals surface area (Å²) < 4.78 is 4.94. The molecule has 0 aromatic rings. The Labute approximate surface area is 116 Å². The van der Waals surface area contributed by atoms with E-state index >= 15 is 0 Å². The Morgan fingerprint density at radius 1 is 1.00 bits per heavy atom. The summed E-state index contributed by atoms with van der Waals surface area (Å²) in [5.41, 5.74) is 0.471. The molecule has 0 aromatic heterocycles. The van der Waals surface area contributed by atoms with E-state index in [0.717, 1.165) is 0 Å². The quantitative estimate of drug-likeness (QED) is 0.743.